The first-order valence-corrected chi connectivity index (χ1v) is 6.30. The Kier molecular flexibility index (Phi) is 7.00. The van der Waals surface area contributed by atoms with Crippen LogP contribution in [-0.2, 0) is 15.9 Å². The van der Waals surface area contributed by atoms with Crippen molar-refractivity contribution < 1.29 is 18.9 Å². The highest BCUT2D eigenvalue weighted by Gasteiger charge is 2.09. The van der Waals surface area contributed by atoms with Crippen LogP contribution < -0.4 is 9.47 Å². The quantitative estimate of drug-likeness (QED) is 0.509. The minimum Gasteiger partial charge on any atom is -0.494 e. The Morgan fingerprint density at radius 3 is 2.53 bits per heavy atom. The summed E-state index contributed by atoms with van der Waals surface area (Å²) >= 11 is 0. The third-order valence-corrected chi connectivity index (χ3v) is 2.61. The topological polar surface area (TPSA) is 36.9 Å². The lowest BCUT2D eigenvalue weighted by molar-refractivity contribution is -0.122. The molecule has 0 aliphatic carbocycles. The van der Waals surface area contributed by atoms with Crippen LogP contribution in [0.3, 0.4) is 0 Å². The molecule has 0 saturated heterocycles. The van der Waals surface area contributed by atoms with E-state index >= 15 is 0 Å². The molecule has 0 bridgehead atoms. The van der Waals surface area contributed by atoms with Crippen molar-refractivity contribution in [3.05, 3.63) is 36.4 Å². The Morgan fingerprint density at radius 2 is 1.95 bits per heavy atom. The summed E-state index contributed by atoms with van der Waals surface area (Å²) < 4.78 is 21.4. The highest BCUT2D eigenvalue weighted by atomic mass is 16.7. The fraction of sp³-hybridized carbons (Fsp3) is 0.467. The van der Waals surface area contributed by atoms with E-state index in [1.165, 1.54) is 0 Å². The largest absolute Gasteiger partial charge is 0.494 e. The van der Waals surface area contributed by atoms with Gasteiger partial charge in [0.15, 0.2) is 6.29 Å². The zero-order valence-electron chi connectivity index (χ0n) is 11.8. The van der Waals surface area contributed by atoms with Crippen LogP contribution in [0.15, 0.2) is 30.9 Å². The van der Waals surface area contributed by atoms with Crippen molar-refractivity contribution in [3.8, 4) is 11.5 Å². The fourth-order valence-electron chi connectivity index (χ4n) is 1.66. The van der Waals surface area contributed by atoms with Gasteiger partial charge in [-0.2, -0.15) is 0 Å². The Bertz CT molecular complexity index is 386. The Morgan fingerprint density at radius 1 is 1.21 bits per heavy atom. The van der Waals surface area contributed by atoms with Crippen LogP contribution in [0.4, 0.5) is 0 Å². The van der Waals surface area contributed by atoms with E-state index in [1.807, 2.05) is 31.2 Å². The minimum atomic E-state index is -0.372. The number of hydrogen-bond donors (Lipinski definition) is 0. The number of allylic oxidation sites excluding steroid dienone is 1. The standard InChI is InChI=1S/C15H22O4/c1-5-7-12-10-13(18-6-2)8-9-14(12)19-11-15(16-3)17-4/h5,8-10,15H,1,6-7,11H2,2-4H3. The van der Waals surface area contributed by atoms with Gasteiger partial charge in [-0.05, 0) is 31.5 Å². The molecule has 0 atom stereocenters. The fourth-order valence-corrected chi connectivity index (χ4v) is 1.66. The van der Waals surface area contributed by atoms with Gasteiger partial charge in [0, 0.05) is 19.8 Å². The summed E-state index contributed by atoms with van der Waals surface area (Å²) in [6, 6.07) is 5.75. The third-order valence-electron chi connectivity index (χ3n) is 2.61. The first kappa shape index (κ1) is 15.5. The van der Waals surface area contributed by atoms with Gasteiger partial charge in [-0.25, -0.2) is 0 Å². The molecule has 0 spiro atoms. The molecule has 0 aliphatic rings. The molecule has 1 rings (SSSR count). The lowest BCUT2D eigenvalue weighted by Crippen LogP contribution is -2.22. The second-order valence-electron chi connectivity index (χ2n) is 3.91. The van der Waals surface area contributed by atoms with Gasteiger partial charge < -0.3 is 18.9 Å². The van der Waals surface area contributed by atoms with E-state index in [9.17, 15) is 0 Å². The maximum Gasteiger partial charge on any atom is 0.191 e. The number of methoxy groups -OCH3 is 2. The molecule has 19 heavy (non-hydrogen) atoms. The number of benzene rings is 1. The summed E-state index contributed by atoms with van der Waals surface area (Å²) in [5, 5.41) is 0. The molecule has 106 valence electrons. The average molecular weight is 266 g/mol. The summed E-state index contributed by atoms with van der Waals surface area (Å²) in [4.78, 5) is 0. The van der Waals surface area contributed by atoms with Crippen molar-refractivity contribution in [1.82, 2.24) is 0 Å². The molecule has 1 aromatic rings. The molecule has 0 N–H and O–H groups in total. The normalized spacial score (nSPS) is 10.5. The predicted octanol–water partition coefficient (Wildman–Crippen LogP) is 2.81. The van der Waals surface area contributed by atoms with Crippen LogP contribution in [0.1, 0.15) is 12.5 Å². The summed E-state index contributed by atoms with van der Waals surface area (Å²) in [7, 11) is 3.17. The smallest absolute Gasteiger partial charge is 0.191 e. The molecule has 0 radical (unpaired) electrons. The van der Waals surface area contributed by atoms with Crippen molar-refractivity contribution in [2.24, 2.45) is 0 Å². The van der Waals surface area contributed by atoms with Crippen LogP contribution in [0, 0.1) is 0 Å². The molecule has 0 aromatic heterocycles. The maximum absolute atomic E-state index is 5.71. The van der Waals surface area contributed by atoms with E-state index < -0.39 is 0 Å². The van der Waals surface area contributed by atoms with E-state index in [-0.39, 0.29) is 6.29 Å². The number of rotatable bonds is 9. The predicted molar refractivity (Wildman–Crippen MR) is 74.8 cm³/mol. The Hall–Kier alpha value is -1.52. The van der Waals surface area contributed by atoms with Crippen molar-refractivity contribution in [3.63, 3.8) is 0 Å². The molecule has 4 heteroatoms. The van der Waals surface area contributed by atoms with Crippen molar-refractivity contribution >= 4 is 0 Å². The van der Waals surface area contributed by atoms with Gasteiger partial charge in [0.1, 0.15) is 18.1 Å². The van der Waals surface area contributed by atoms with Gasteiger partial charge in [-0.15, -0.1) is 6.58 Å². The summed E-state index contributed by atoms with van der Waals surface area (Å²) in [6.45, 7) is 6.69. The maximum atomic E-state index is 5.71. The highest BCUT2D eigenvalue weighted by Crippen LogP contribution is 2.25. The molecule has 1 aromatic carbocycles. The van der Waals surface area contributed by atoms with Gasteiger partial charge in [0.2, 0.25) is 0 Å². The summed E-state index contributed by atoms with van der Waals surface area (Å²) in [5.74, 6) is 1.63. The van der Waals surface area contributed by atoms with Crippen molar-refractivity contribution in [2.75, 3.05) is 27.4 Å². The Labute approximate surface area is 114 Å². The van der Waals surface area contributed by atoms with E-state index in [1.54, 1.807) is 14.2 Å². The SMILES string of the molecule is C=CCc1cc(OCC)ccc1OCC(OC)OC. The van der Waals surface area contributed by atoms with Crippen LogP contribution >= 0.6 is 0 Å². The molecule has 0 unspecified atom stereocenters. The molecule has 0 fully saturated rings. The van der Waals surface area contributed by atoms with E-state index in [4.69, 9.17) is 18.9 Å². The van der Waals surface area contributed by atoms with E-state index in [0.29, 0.717) is 13.2 Å². The van der Waals surface area contributed by atoms with Gasteiger partial charge in [-0.1, -0.05) is 6.08 Å². The average Bonchev–Trinajstić information content (AvgIpc) is 2.42. The van der Waals surface area contributed by atoms with Crippen LogP contribution in [0.25, 0.3) is 0 Å². The second-order valence-corrected chi connectivity index (χ2v) is 3.91. The molecule has 0 amide bonds. The van der Waals surface area contributed by atoms with Crippen LogP contribution in [0.5, 0.6) is 11.5 Å². The number of hydrogen-bond acceptors (Lipinski definition) is 4. The zero-order valence-corrected chi connectivity index (χ0v) is 11.8. The highest BCUT2D eigenvalue weighted by molar-refractivity contribution is 5.41. The number of ether oxygens (including phenoxy) is 4. The van der Waals surface area contributed by atoms with Crippen LogP contribution in [-0.4, -0.2) is 33.7 Å². The third kappa shape index (κ3) is 4.93. The lowest BCUT2D eigenvalue weighted by atomic mass is 10.1. The van der Waals surface area contributed by atoms with Gasteiger partial charge in [-0.3, -0.25) is 0 Å². The monoisotopic (exact) mass is 266 g/mol. The summed E-state index contributed by atoms with van der Waals surface area (Å²) in [5.41, 5.74) is 1.03. The van der Waals surface area contributed by atoms with E-state index in [2.05, 4.69) is 6.58 Å². The Balaban J connectivity index is 2.77. The minimum absolute atomic E-state index is 0.338. The lowest BCUT2D eigenvalue weighted by Gasteiger charge is -2.17. The first-order chi connectivity index (χ1) is 9.24. The first-order valence-electron chi connectivity index (χ1n) is 6.30. The molecule has 4 nitrogen and oxygen atoms in total. The molecule has 0 aliphatic heterocycles. The molecular weight excluding hydrogens is 244 g/mol. The van der Waals surface area contributed by atoms with Crippen LogP contribution in [0.2, 0.25) is 0 Å². The van der Waals surface area contributed by atoms with Gasteiger partial charge in [0.05, 0.1) is 6.61 Å². The van der Waals surface area contributed by atoms with Crippen molar-refractivity contribution in [2.45, 2.75) is 19.6 Å². The van der Waals surface area contributed by atoms with Gasteiger partial charge >= 0.3 is 0 Å². The molecule has 0 saturated carbocycles. The molecular formula is C15H22O4. The second kappa shape index (κ2) is 8.56. The van der Waals surface area contributed by atoms with Crippen molar-refractivity contribution in [1.29, 1.82) is 0 Å². The van der Waals surface area contributed by atoms with Gasteiger partial charge in [0.25, 0.3) is 0 Å². The molecule has 0 heterocycles. The van der Waals surface area contributed by atoms with E-state index in [0.717, 1.165) is 23.5 Å². The summed E-state index contributed by atoms with van der Waals surface area (Å²) in [6.07, 6.45) is 2.19. The zero-order chi connectivity index (χ0) is 14.1.